The van der Waals surface area contributed by atoms with Crippen molar-refractivity contribution in [3.05, 3.63) is 39.4 Å². The van der Waals surface area contributed by atoms with E-state index in [0.29, 0.717) is 16.2 Å². The average molecular weight is 355 g/mol. The molecule has 0 saturated heterocycles. The largest absolute Gasteiger partial charge is 0.349 e. The van der Waals surface area contributed by atoms with Crippen molar-refractivity contribution in [1.82, 2.24) is 10.3 Å². The van der Waals surface area contributed by atoms with Gasteiger partial charge in [0.25, 0.3) is 0 Å². The summed E-state index contributed by atoms with van der Waals surface area (Å²) in [7, 11) is 5.08. The molecule has 3 rings (SSSR count). The maximum absolute atomic E-state index is 11.4. The molecule has 0 amide bonds. The Kier molecular flexibility index (Phi) is 3.96. The number of halogens is 1. The molecule has 22 heavy (non-hydrogen) atoms. The number of nitrogens with zero attached hydrogens (tertiary/aromatic N) is 3. The second kappa shape index (κ2) is 5.76. The lowest BCUT2D eigenvalue weighted by Gasteiger charge is -2.11. The van der Waals surface area contributed by atoms with Gasteiger partial charge in [-0.1, -0.05) is 11.6 Å². The van der Waals surface area contributed by atoms with Gasteiger partial charge in [-0.2, -0.15) is 0 Å². The molecular formula is C12H9ClN4O3P2. The van der Waals surface area contributed by atoms with Gasteiger partial charge >= 0.3 is 5.69 Å². The Morgan fingerprint density at radius 2 is 1.95 bits per heavy atom. The monoisotopic (exact) mass is 354 g/mol. The minimum Gasteiger partial charge on any atom is -0.349 e. The van der Waals surface area contributed by atoms with E-state index in [1.807, 2.05) is 6.07 Å². The molecule has 0 aliphatic heterocycles. The highest BCUT2D eigenvalue weighted by Gasteiger charge is 2.23. The quantitative estimate of drug-likeness (QED) is 0.441. The van der Waals surface area contributed by atoms with Crippen molar-refractivity contribution in [3.8, 4) is 0 Å². The minimum absolute atomic E-state index is 0.0917. The molecule has 0 fully saturated rings. The van der Waals surface area contributed by atoms with Crippen LogP contribution in [-0.4, -0.2) is 15.2 Å². The molecule has 1 heterocycles. The Morgan fingerprint density at radius 3 is 2.68 bits per heavy atom. The van der Waals surface area contributed by atoms with Crippen LogP contribution >= 0.6 is 30.1 Å². The molecule has 2 atom stereocenters. The second-order valence-electron chi connectivity index (χ2n) is 4.44. The number of aromatic nitrogens is 2. The standard InChI is InChI=1S/C12H9ClN4O3P2/c13-5-3-8(10(22)4-9(5)21)14-7-2-1-6-11(16-20-15-6)12(7)17(18)19/h1-4,14H,21-22H2. The molecular weight excluding hydrogens is 346 g/mol. The zero-order valence-corrected chi connectivity index (χ0v) is 14.0. The summed E-state index contributed by atoms with van der Waals surface area (Å²) in [6, 6.07) is 6.68. The van der Waals surface area contributed by atoms with Crippen LogP contribution in [0.3, 0.4) is 0 Å². The van der Waals surface area contributed by atoms with Crippen molar-refractivity contribution in [2.75, 3.05) is 5.32 Å². The van der Waals surface area contributed by atoms with E-state index in [2.05, 4.69) is 38.7 Å². The van der Waals surface area contributed by atoms with Crippen LogP contribution in [0, 0.1) is 10.1 Å². The van der Waals surface area contributed by atoms with Crippen LogP contribution in [0.2, 0.25) is 5.02 Å². The van der Waals surface area contributed by atoms with Crippen LogP contribution in [-0.2, 0) is 0 Å². The van der Waals surface area contributed by atoms with E-state index in [-0.39, 0.29) is 16.9 Å². The summed E-state index contributed by atoms with van der Waals surface area (Å²) >= 11 is 6.09. The smallest absolute Gasteiger partial charge is 0.323 e. The number of hydrogen-bond acceptors (Lipinski definition) is 6. The van der Waals surface area contributed by atoms with Crippen molar-refractivity contribution in [2.45, 2.75) is 0 Å². The Morgan fingerprint density at radius 1 is 1.18 bits per heavy atom. The molecule has 1 aromatic heterocycles. The second-order valence-corrected chi connectivity index (χ2v) is 6.09. The molecule has 0 spiro atoms. The molecule has 0 saturated carbocycles. The van der Waals surface area contributed by atoms with Crippen LogP contribution in [0.1, 0.15) is 0 Å². The lowest BCUT2D eigenvalue weighted by Crippen LogP contribution is -2.09. The zero-order valence-electron chi connectivity index (χ0n) is 10.9. The molecule has 2 aromatic carbocycles. The fourth-order valence-corrected chi connectivity index (χ4v) is 2.94. The van der Waals surface area contributed by atoms with Gasteiger partial charge in [0.1, 0.15) is 11.2 Å². The fraction of sp³-hybridized carbons (Fsp3) is 0. The number of fused-ring (bicyclic) bond motifs is 1. The first-order chi connectivity index (χ1) is 10.5. The third kappa shape index (κ3) is 2.63. The highest BCUT2D eigenvalue weighted by atomic mass is 35.5. The normalized spacial score (nSPS) is 10.9. The van der Waals surface area contributed by atoms with E-state index in [0.717, 1.165) is 10.6 Å². The molecule has 0 radical (unpaired) electrons. The lowest BCUT2D eigenvalue weighted by molar-refractivity contribution is -0.382. The molecule has 7 nitrogen and oxygen atoms in total. The first-order valence-electron chi connectivity index (χ1n) is 5.98. The highest BCUT2D eigenvalue weighted by Crippen LogP contribution is 2.33. The van der Waals surface area contributed by atoms with Gasteiger partial charge in [0, 0.05) is 10.7 Å². The van der Waals surface area contributed by atoms with E-state index in [1.54, 1.807) is 18.2 Å². The number of nitro benzene ring substituents is 1. The number of anilines is 2. The first-order valence-corrected chi connectivity index (χ1v) is 7.52. The SMILES string of the molecule is O=[N+]([O-])c1c(Nc2cc(Cl)c(P)cc2P)ccc2nonc12. The summed E-state index contributed by atoms with van der Waals surface area (Å²) in [4.78, 5) is 10.8. The summed E-state index contributed by atoms with van der Waals surface area (Å²) in [6.07, 6.45) is 0. The highest BCUT2D eigenvalue weighted by molar-refractivity contribution is 7.30. The van der Waals surface area contributed by atoms with Crippen LogP contribution in [0.5, 0.6) is 0 Å². The Bertz CT molecular complexity index is 899. The lowest BCUT2D eigenvalue weighted by atomic mass is 10.2. The summed E-state index contributed by atoms with van der Waals surface area (Å²) in [5.74, 6) is 0. The van der Waals surface area contributed by atoms with E-state index >= 15 is 0 Å². The van der Waals surface area contributed by atoms with Gasteiger partial charge in [0.15, 0.2) is 0 Å². The summed E-state index contributed by atoms with van der Waals surface area (Å²) in [5.41, 5.74) is 1.13. The zero-order chi connectivity index (χ0) is 15.9. The molecule has 3 aromatic rings. The first kappa shape index (κ1) is 15.1. The Labute approximate surface area is 133 Å². The molecule has 2 unspecified atom stereocenters. The molecule has 0 bridgehead atoms. The maximum atomic E-state index is 11.4. The number of nitro groups is 1. The summed E-state index contributed by atoms with van der Waals surface area (Å²) in [6.45, 7) is 0. The number of rotatable bonds is 3. The van der Waals surface area contributed by atoms with Gasteiger partial charge in [-0.3, -0.25) is 10.1 Å². The van der Waals surface area contributed by atoms with Crippen molar-refractivity contribution in [2.24, 2.45) is 0 Å². The molecule has 0 aliphatic carbocycles. The van der Waals surface area contributed by atoms with Gasteiger partial charge in [-0.15, -0.1) is 18.5 Å². The minimum atomic E-state index is -0.525. The molecule has 112 valence electrons. The van der Waals surface area contributed by atoms with Crippen molar-refractivity contribution >= 4 is 68.8 Å². The van der Waals surface area contributed by atoms with Crippen LogP contribution in [0.25, 0.3) is 11.0 Å². The van der Waals surface area contributed by atoms with E-state index in [1.165, 1.54) is 0 Å². The van der Waals surface area contributed by atoms with Crippen molar-refractivity contribution in [1.29, 1.82) is 0 Å². The van der Waals surface area contributed by atoms with E-state index in [4.69, 9.17) is 11.6 Å². The topological polar surface area (TPSA) is 94.1 Å². The van der Waals surface area contributed by atoms with Crippen LogP contribution in [0.4, 0.5) is 17.1 Å². The average Bonchev–Trinajstić information content (AvgIpc) is 2.92. The van der Waals surface area contributed by atoms with Crippen LogP contribution in [0.15, 0.2) is 28.9 Å². The van der Waals surface area contributed by atoms with Gasteiger partial charge in [-0.25, -0.2) is 4.63 Å². The van der Waals surface area contributed by atoms with Gasteiger partial charge < -0.3 is 5.32 Å². The third-order valence-corrected chi connectivity index (χ3v) is 4.49. The molecule has 10 heteroatoms. The van der Waals surface area contributed by atoms with Gasteiger partial charge in [0.2, 0.25) is 5.52 Å². The third-order valence-electron chi connectivity index (χ3n) is 3.02. The van der Waals surface area contributed by atoms with Crippen LogP contribution < -0.4 is 15.9 Å². The summed E-state index contributed by atoms with van der Waals surface area (Å²) < 4.78 is 4.56. The number of hydrogen-bond donors (Lipinski definition) is 1. The fourth-order valence-electron chi connectivity index (χ4n) is 1.98. The summed E-state index contributed by atoms with van der Waals surface area (Å²) in [5, 5.41) is 23.7. The predicted molar refractivity (Wildman–Crippen MR) is 91.9 cm³/mol. The number of benzene rings is 2. The molecule has 1 N–H and O–H groups in total. The Hall–Kier alpha value is -1.81. The predicted octanol–water partition coefficient (Wildman–Crippen LogP) is 2.53. The molecule has 0 aliphatic rings. The number of nitrogens with one attached hydrogen (secondary N) is 1. The van der Waals surface area contributed by atoms with Crippen molar-refractivity contribution < 1.29 is 9.55 Å². The van der Waals surface area contributed by atoms with E-state index in [9.17, 15) is 10.1 Å². The van der Waals surface area contributed by atoms with Gasteiger partial charge in [-0.05, 0) is 45.2 Å². The van der Waals surface area contributed by atoms with Crippen molar-refractivity contribution in [3.63, 3.8) is 0 Å². The van der Waals surface area contributed by atoms with Gasteiger partial charge in [0.05, 0.1) is 4.92 Å². The maximum Gasteiger partial charge on any atom is 0.323 e. The Balaban J connectivity index is 2.13. The van der Waals surface area contributed by atoms with E-state index < -0.39 is 4.92 Å².